The van der Waals surface area contributed by atoms with Crippen LogP contribution in [0.15, 0.2) is 6.20 Å². The van der Waals surface area contributed by atoms with Gasteiger partial charge >= 0.3 is 0 Å². The lowest BCUT2D eigenvalue weighted by Crippen LogP contribution is -2.10. The molecule has 1 aliphatic heterocycles. The van der Waals surface area contributed by atoms with Crippen LogP contribution in [0.3, 0.4) is 0 Å². The highest BCUT2D eigenvalue weighted by atomic mass is 35.5. The van der Waals surface area contributed by atoms with Gasteiger partial charge in [-0.05, 0) is 0 Å². The summed E-state index contributed by atoms with van der Waals surface area (Å²) in [6.45, 7) is 0.536. The molecule has 2 heterocycles. The number of rotatable bonds is 3. The molecule has 0 N–H and O–H groups in total. The van der Waals surface area contributed by atoms with Crippen molar-refractivity contribution in [1.29, 1.82) is 0 Å². The fourth-order valence-electron chi connectivity index (χ4n) is 1.15. The van der Waals surface area contributed by atoms with E-state index in [9.17, 15) is 0 Å². The molecule has 0 bridgehead atoms. The molecule has 0 saturated carbocycles. The normalized spacial score (nSPS) is 26.7. The monoisotopic (exact) mass is 235 g/mol. The Morgan fingerprint density at radius 2 is 2.64 bits per heavy atom. The summed E-state index contributed by atoms with van der Waals surface area (Å²) < 4.78 is 15.9. The Morgan fingerprint density at radius 3 is 3.21 bits per heavy atom. The Bertz CT molecular complexity index is 307. The SMILES string of the molecule is COc1ncc(C2OCC(CCl)O2)s1. The van der Waals surface area contributed by atoms with E-state index in [0.717, 1.165) is 4.88 Å². The number of thiazole rings is 1. The smallest absolute Gasteiger partial charge is 0.273 e. The number of ether oxygens (including phenoxy) is 3. The minimum absolute atomic E-state index is 0.0187. The van der Waals surface area contributed by atoms with Gasteiger partial charge in [0, 0.05) is 0 Å². The lowest BCUT2D eigenvalue weighted by molar-refractivity contribution is -0.0541. The third kappa shape index (κ3) is 2.00. The van der Waals surface area contributed by atoms with Gasteiger partial charge in [0.1, 0.15) is 0 Å². The second-order valence-corrected chi connectivity index (χ2v) is 4.14. The number of halogens is 1. The fraction of sp³-hybridized carbons (Fsp3) is 0.625. The zero-order chi connectivity index (χ0) is 9.97. The number of nitrogens with zero attached hydrogens (tertiary/aromatic N) is 1. The third-order valence-electron chi connectivity index (χ3n) is 1.83. The number of hydrogen-bond donors (Lipinski definition) is 0. The molecule has 2 atom stereocenters. The highest BCUT2D eigenvalue weighted by molar-refractivity contribution is 7.13. The van der Waals surface area contributed by atoms with Crippen molar-refractivity contribution in [2.24, 2.45) is 0 Å². The van der Waals surface area contributed by atoms with E-state index in [4.69, 9.17) is 25.8 Å². The highest BCUT2D eigenvalue weighted by Gasteiger charge is 2.28. The summed E-state index contributed by atoms with van der Waals surface area (Å²) in [4.78, 5) is 4.94. The number of alkyl halides is 1. The molecular weight excluding hydrogens is 226 g/mol. The summed E-state index contributed by atoms with van der Waals surface area (Å²) in [5, 5.41) is 0.613. The number of methoxy groups -OCH3 is 1. The van der Waals surface area contributed by atoms with Crippen LogP contribution in [0, 0.1) is 0 Å². The molecule has 1 aliphatic rings. The molecular formula is C8H10ClNO3S. The maximum atomic E-state index is 5.65. The summed E-state index contributed by atoms with van der Waals surface area (Å²) >= 11 is 7.07. The van der Waals surface area contributed by atoms with E-state index in [2.05, 4.69) is 4.98 Å². The zero-order valence-corrected chi connectivity index (χ0v) is 9.18. The van der Waals surface area contributed by atoms with Gasteiger partial charge in [0.25, 0.3) is 5.19 Å². The average Bonchev–Trinajstić information content (AvgIpc) is 2.86. The second-order valence-electron chi connectivity index (χ2n) is 2.81. The Morgan fingerprint density at radius 1 is 1.79 bits per heavy atom. The summed E-state index contributed by atoms with van der Waals surface area (Å²) in [5.74, 6) is 0.451. The topological polar surface area (TPSA) is 40.6 Å². The van der Waals surface area contributed by atoms with Crippen molar-refractivity contribution < 1.29 is 14.2 Å². The van der Waals surface area contributed by atoms with Gasteiger partial charge in [0.2, 0.25) is 0 Å². The van der Waals surface area contributed by atoms with Gasteiger partial charge in [-0.2, -0.15) is 0 Å². The molecule has 0 aromatic carbocycles. The standard InChI is InChI=1S/C8H10ClNO3S/c1-11-8-10-3-6(14-8)7-12-4-5(2-9)13-7/h3,5,7H,2,4H2,1H3. The Balaban J connectivity index is 2.02. The maximum Gasteiger partial charge on any atom is 0.273 e. The maximum absolute atomic E-state index is 5.65. The van der Waals surface area contributed by atoms with Gasteiger partial charge in [0.05, 0.1) is 36.8 Å². The highest BCUT2D eigenvalue weighted by Crippen LogP contribution is 2.33. The summed E-state index contributed by atoms with van der Waals surface area (Å²) in [5.41, 5.74) is 0. The molecule has 2 rings (SSSR count). The van der Waals surface area contributed by atoms with Gasteiger partial charge in [-0.1, -0.05) is 11.3 Å². The molecule has 0 amide bonds. The first-order valence-electron chi connectivity index (χ1n) is 4.16. The van der Waals surface area contributed by atoms with Crippen molar-refractivity contribution in [3.05, 3.63) is 11.1 Å². The van der Waals surface area contributed by atoms with E-state index in [1.165, 1.54) is 11.3 Å². The van der Waals surface area contributed by atoms with Crippen LogP contribution >= 0.6 is 22.9 Å². The molecule has 2 unspecified atom stereocenters. The quantitative estimate of drug-likeness (QED) is 0.750. The molecule has 1 saturated heterocycles. The van der Waals surface area contributed by atoms with E-state index in [1.807, 2.05) is 0 Å². The van der Waals surface area contributed by atoms with E-state index < -0.39 is 0 Å². The Kier molecular flexibility index (Phi) is 3.22. The molecule has 1 aromatic rings. The van der Waals surface area contributed by atoms with Crippen molar-refractivity contribution in [2.75, 3.05) is 19.6 Å². The van der Waals surface area contributed by atoms with Gasteiger partial charge in [-0.25, -0.2) is 4.98 Å². The first-order valence-corrected chi connectivity index (χ1v) is 5.51. The first-order chi connectivity index (χ1) is 6.83. The second kappa shape index (κ2) is 4.44. The predicted molar refractivity (Wildman–Crippen MR) is 53.0 cm³/mol. The van der Waals surface area contributed by atoms with Crippen molar-refractivity contribution >= 4 is 22.9 Å². The average molecular weight is 236 g/mol. The van der Waals surface area contributed by atoms with E-state index >= 15 is 0 Å². The van der Waals surface area contributed by atoms with Crippen LogP contribution in [-0.2, 0) is 9.47 Å². The van der Waals surface area contributed by atoms with Gasteiger partial charge in [-0.3, -0.25) is 0 Å². The minimum atomic E-state index is -0.333. The molecule has 4 nitrogen and oxygen atoms in total. The molecule has 14 heavy (non-hydrogen) atoms. The molecule has 0 spiro atoms. The Hall–Kier alpha value is -0.360. The van der Waals surface area contributed by atoms with Crippen LogP contribution in [0.1, 0.15) is 11.2 Å². The first kappa shape index (κ1) is 10.2. The minimum Gasteiger partial charge on any atom is -0.473 e. The summed E-state index contributed by atoms with van der Waals surface area (Å²) in [6.07, 6.45) is 1.35. The van der Waals surface area contributed by atoms with Crippen molar-refractivity contribution in [1.82, 2.24) is 4.98 Å². The molecule has 78 valence electrons. The Labute approximate surface area is 90.8 Å². The van der Waals surface area contributed by atoms with E-state index in [1.54, 1.807) is 13.3 Å². The number of aromatic nitrogens is 1. The van der Waals surface area contributed by atoms with Gasteiger partial charge < -0.3 is 14.2 Å². The zero-order valence-electron chi connectivity index (χ0n) is 7.60. The van der Waals surface area contributed by atoms with Crippen molar-refractivity contribution in [3.8, 4) is 5.19 Å². The largest absolute Gasteiger partial charge is 0.473 e. The number of hydrogen-bond acceptors (Lipinski definition) is 5. The van der Waals surface area contributed by atoms with Crippen LogP contribution in [0.2, 0.25) is 0 Å². The molecule has 6 heteroatoms. The van der Waals surface area contributed by atoms with Crippen molar-refractivity contribution in [3.63, 3.8) is 0 Å². The molecule has 0 aliphatic carbocycles. The molecule has 1 aromatic heterocycles. The fourth-order valence-corrected chi connectivity index (χ4v) is 2.03. The van der Waals surface area contributed by atoms with Gasteiger partial charge in [0.15, 0.2) is 6.29 Å². The van der Waals surface area contributed by atoms with Crippen molar-refractivity contribution in [2.45, 2.75) is 12.4 Å². The van der Waals surface area contributed by atoms with E-state index in [0.29, 0.717) is 17.7 Å². The van der Waals surface area contributed by atoms with Crippen LogP contribution in [0.25, 0.3) is 0 Å². The van der Waals surface area contributed by atoms with Crippen LogP contribution < -0.4 is 4.74 Å². The van der Waals surface area contributed by atoms with Gasteiger partial charge in [-0.15, -0.1) is 11.6 Å². The predicted octanol–water partition coefficient (Wildman–Crippen LogP) is 1.80. The van der Waals surface area contributed by atoms with E-state index in [-0.39, 0.29) is 12.4 Å². The van der Waals surface area contributed by atoms with Crippen LogP contribution in [0.4, 0.5) is 0 Å². The summed E-state index contributed by atoms with van der Waals surface area (Å²) in [7, 11) is 1.58. The molecule has 1 fully saturated rings. The lowest BCUT2D eigenvalue weighted by atomic mass is 10.4. The third-order valence-corrected chi connectivity index (χ3v) is 3.16. The lowest BCUT2D eigenvalue weighted by Gasteiger charge is -2.06. The van der Waals surface area contributed by atoms with Crippen LogP contribution in [0.5, 0.6) is 5.19 Å². The summed E-state index contributed by atoms with van der Waals surface area (Å²) in [6, 6.07) is 0. The molecule has 0 radical (unpaired) electrons. The van der Waals surface area contributed by atoms with Crippen LogP contribution in [-0.4, -0.2) is 30.7 Å².